The summed E-state index contributed by atoms with van der Waals surface area (Å²) in [6.07, 6.45) is 21.9. The Bertz CT molecular complexity index is 694. The molecule has 0 radical (unpaired) electrons. The Hall–Kier alpha value is -1.90. The van der Waals surface area contributed by atoms with Crippen molar-refractivity contribution in [3.8, 4) is 17.1 Å². The maximum atomic E-state index is 5.79. The molecule has 0 unspecified atom stereocenters. The molecule has 3 nitrogen and oxygen atoms in total. The van der Waals surface area contributed by atoms with E-state index in [1.807, 2.05) is 0 Å². The first-order chi connectivity index (χ1) is 15.7. The fourth-order valence-electron chi connectivity index (χ4n) is 4.02. The number of ether oxygens (including phenoxy) is 1. The van der Waals surface area contributed by atoms with Gasteiger partial charge >= 0.3 is 0 Å². The van der Waals surface area contributed by atoms with Gasteiger partial charge in [-0.15, -0.1) is 0 Å². The molecular formula is C29H46N2O. The maximum Gasteiger partial charge on any atom is 0.159 e. The minimum absolute atomic E-state index is 0.751. The quantitative estimate of drug-likeness (QED) is 0.218. The number of unbranched alkanes of at least 4 members (excludes halogenated alkanes) is 10. The van der Waals surface area contributed by atoms with Gasteiger partial charge in [-0.25, -0.2) is 9.97 Å². The lowest BCUT2D eigenvalue weighted by Gasteiger charge is -2.07. The van der Waals surface area contributed by atoms with Crippen LogP contribution in [0.15, 0.2) is 36.7 Å². The molecule has 0 saturated carbocycles. The normalized spacial score (nSPS) is 11.2. The first-order valence-electron chi connectivity index (χ1n) is 13.2. The molecule has 0 saturated heterocycles. The number of aromatic nitrogens is 2. The summed E-state index contributed by atoms with van der Waals surface area (Å²) in [5.74, 6) is 2.39. The minimum Gasteiger partial charge on any atom is -0.490 e. The summed E-state index contributed by atoms with van der Waals surface area (Å²) in [5, 5.41) is 0. The highest BCUT2D eigenvalue weighted by Crippen LogP contribution is 2.19. The molecule has 0 fully saturated rings. The molecule has 2 aromatic rings. The molecule has 3 heteroatoms. The molecule has 178 valence electrons. The van der Waals surface area contributed by atoms with Gasteiger partial charge in [-0.05, 0) is 30.7 Å². The van der Waals surface area contributed by atoms with Crippen LogP contribution in [-0.4, -0.2) is 16.6 Å². The van der Waals surface area contributed by atoms with Crippen molar-refractivity contribution in [2.75, 3.05) is 6.61 Å². The molecular weight excluding hydrogens is 392 g/mol. The third kappa shape index (κ3) is 11.6. The van der Waals surface area contributed by atoms with E-state index in [-0.39, 0.29) is 0 Å². The van der Waals surface area contributed by atoms with Gasteiger partial charge in [0.25, 0.3) is 0 Å². The van der Waals surface area contributed by atoms with Crippen LogP contribution in [0.5, 0.6) is 5.75 Å². The van der Waals surface area contributed by atoms with Crippen molar-refractivity contribution >= 4 is 0 Å². The smallest absolute Gasteiger partial charge is 0.159 e. The molecule has 0 aliphatic carbocycles. The molecule has 0 spiro atoms. The minimum atomic E-state index is 0.751. The van der Waals surface area contributed by atoms with Gasteiger partial charge in [0, 0.05) is 5.56 Å². The summed E-state index contributed by atoms with van der Waals surface area (Å²) < 4.78 is 5.79. The Labute approximate surface area is 197 Å². The third-order valence-corrected chi connectivity index (χ3v) is 6.10. The van der Waals surface area contributed by atoms with E-state index in [4.69, 9.17) is 4.74 Å². The van der Waals surface area contributed by atoms with E-state index in [0.29, 0.717) is 0 Å². The van der Waals surface area contributed by atoms with Gasteiger partial charge in [-0.3, -0.25) is 0 Å². The zero-order valence-electron chi connectivity index (χ0n) is 21.0. The Morgan fingerprint density at radius 2 is 1.31 bits per heavy atom. The summed E-state index contributed by atoms with van der Waals surface area (Å²) in [6.45, 7) is 7.64. The summed E-state index contributed by atoms with van der Waals surface area (Å²) in [7, 11) is 0. The molecule has 0 aliphatic heterocycles. The lowest BCUT2D eigenvalue weighted by atomic mass is 10.0. The van der Waals surface area contributed by atoms with Crippen molar-refractivity contribution in [1.29, 1.82) is 0 Å². The van der Waals surface area contributed by atoms with Gasteiger partial charge in [0.2, 0.25) is 0 Å². The molecule has 0 N–H and O–H groups in total. The average Bonchev–Trinajstić information content (AvgIpc) is 2.81. The van der Waals surface area contributed by atoms with E-state index in [9.17, 15) is 0 Å². The zero-order valence-corrected chi connectivity index (χ0v) is 21.0. The molecule has 0 atom stereocenters. The van der Waals surface area contributed by atoms with Crippen LogP contribution >= 0.6 is 0 Å². The number of benzene rings is 1. The standard InChI is InChI=1S/C29H46N2O/c1-4-5-6-7-12-15-22-32-28-23-30-29(31-24-28)27-20-18-26(19-21-27)17-14-11-9-8-10-13-16-25(2)3/h18-21,23-25H,4-17,22H2,1-3H3. The van der Waals surface area contributed by atoms with Crippen LogP contribution in [0.3, 0.4) is 0 Å². The second kappa shape index (κ2) is 16.7. The lowest BCUT2D eigenvalue weighted by Crippen LogP contribution is -1.99. The second-order valence-corrected chi connectivity index (χ2v) is 9.61. The van der Waals surface area contributed by atoms with E-state index in [0.717, 1.165) is 36.1 Å². The van der Waals surface area contributed by atoms with E-state index in [1.54, 1.807) is 12.4 Å². The maximum absolute atomic E-state index is 5.79. The van der Waals surface area contributed by atoms with E-state index in [1.165, 1.54) is 89.0 Å². The molecule has 2 rings (SSSR count). The lowest BCUT2D eigenvalue weighted by molar-refractivity contribution is 0.302. The van der Waals surface area contributed by atoms with Crippen LogP contribution in [0.25, 0.3) is 11.4 Å². The van der Waals surface area contributed by atoms with Crippen LogP contribution in [0.1, 0.15) is 110 Å². The topological polar surface area (TPSA) is 35.0 Å². The van der Waals surface area contributed by atoms with Gasteiger partial charge in [-0.2, -0.15) is 0 Å². The number of nitrogens with zero attached hydrogens (tertiary/aromatic N) is 2. The van der Waals surface area contributed by atoms with Crippen molar-refractivity contribution in [2.45, 2.75) is 111 Å². The van der Waals surface area contributed by atoms with Gasteiger partial charge in [-0.1, -0.05) is 116 Å². The Morgan fingerprint density at radius 3 is 1.97 bits per heavy atom. The Morgan fingerprint density at radius 1 is 0.719 bits per heavy atom. The van der Waals surface area contributed by atoms with E-state index in [2.05, 4.69) is 55.0 Å². The molecule has 0 bridgehead atoms. The monoisotopic (exact) mass is 438 g/mol. The van der Waals surface area contributed by atoms with Gasteiger partial charge in [0.05, 0.1) is 19.0 Å². The van der Waals surface area contributed by atoms with Crippen LogP contribution in [0.4, 0.5) is 0 Å². The van der Waals surface area contributed by atoms with Gasteiger partial charge < -0.3 is 4.74 Å². The van der Waals surface area contributed by atoms with Crippen molar-refractivity contribution in [1.82, 2.24) is 9.97 Å². The highest BCUT2D eigenvalue weighted by molar-refractivity contribution is 5.55. The van der Waals surface area contributed by atoms with Crippen LogP contribution in [0, 0.1) is 5.92 Å². The van der Waals surface area contributed by atoms with Crippen LogP contribution in [-0.2, 0) is 6.42 Å². The molecule has 0 aliphatic rings. The molecule has 32 heavy (non-hydrogen) atoms. The fraction of sp³-hybridized carbons (Fsp3) is 0.655. The number of hydrogen-bond donors (Lipinski definition) is 0. The number of hydrogen-bond acceptors (Lipinski definition) is 3. The summed E-state index contributed by atoms with van der Waals surface area (Å²) in [4.78, 5) is 9.01. The van der Waals surface area contributed by atoms with Crippen LogP contribution < -0.4 is 4.74 Å². The van der Waals surface area contributed by atoms with Crippen LogP contribution in [0.2, 0.25) is 0 Å². The first-order valence-corrected chi connectivity index (χ1v) is 13.2. The summed E-state index contributed by atoms with van der Waals surface area (Å²) in [6, 6.07) is 8.75. The first kappa shape index (κ1) is 26.4. The molecule has 1 heterocycles. The van der Waals surface area contributed by atoms with E-state index < -0.39 is 0 Å². The Kier molecular flexibility index (Phi) is 13.7. The second-order valence-electron chi connectivity index (χ2n) is 9.61. The third-order valence-electron chi connectivity index (χ3n) is 6.10. The van der Waals surface area contributed by atoms with E-state index >= 15 is 0 Å². The average molecular weight is 439 g/mol. The van der Waals surface area contributed by atoms with Crippen molar-refractivity contribution in [2.24, 2.45) is 5.92 Å². The largest absolute Gasteiger partial charge is 0.490 e. The highest BCUT2D eigenvalue weighted by atomic mass is 16.5. The number of aryl methyl sites for hydroxylation is 1. The molecule has 1 aromatic carbocycles. The van der Waals surface area contributed by atoms with Crippen molar-refractivity contribution in [3.05, 3.63) is 42.2 Å². The summed E-state index contributed by atoms with van der Waals surface area (Å²) >= 11 is 0. The SMILES string of the molecule is CCCCCCCCOc1cnc(-c2ccc(CCCCCCCCC(C)C)cc2)nc1. The predicted octanol–water partition coefficient (Wildman–Crippen LogP) is 8.81. The highest BCUT2D eigenvalue weighted by Gasteiger charge is 2.03. The molecule has 1 aromatic heterocycles. The van der Waals surface area contributed by atoms with Crippen molar-refractivity contribution in [3.63, 3.8) is 0 Å². The van der Waals surface area contributed by atoms with Gasteiger partial charge in [0.15, 0.2) is 11.6 Å². The summed E-state index contributed by atoms with van der Waals surface area (Å²) in [5.41, 5.74) is 2.48. The fourth-order valence-corrected chi connectivity index (χ4v) is 4.02. The van der Waals surface area contributed by atoms with Crippen molar-refractivity contribution < 1.29 is 4.74 Å². The molecule has 0 amide bonds. The predicted molar refractivity (Wildman–Crippen MR) is 137 cm³/mol. The Balaban J connectivity index is 1.61. The zero-order chi connectivity index (χ0) is 22.9. The number of rotatable bonds is 18. The van der Waals surface area contributed by atoms with Gasteiger partial charge in [0.1, 0.15) is 0 Å².